The Kier molecular flexibility index (Phi) is 7.16. The predicted octanol–water partition coefficient (Wildman–Crippen LogP) is 1.44. The van der Waals surface area contributed by atoms with Gasteiger partial charge in [-0.15, -0.1) is 12.4 Å². The molecule has 1 aliphatic rings. The number of ether oxygens (including phenoxy) is 1. The van der Waals surface area contributed by atoms with Gasteiger partial charge in [0.1, 0.15) is 5.69 Å². The quantitative estimate of drug-likeness (QED) is 0.857. The van der Waals surface area contributed by atoms with Crippen LogP contribution in [0.4, 0.5) is 0 Å². The minimum Gasteiger partial charge on any atom is -0.480 e. The lowest BCUT2D eigenvalue weighted by molar-refractivity contribution is -0.135. The second-order valence-corrected chi connectivity index (χ2v) is 5.65. The maximum absolute atomic E-state index is 12.5. The maximum Gasteiger partial charge on any atom is 0.260 e. The number of aryl methyl sites for hydroxylation is 2. The monoisotopic (exact) mass is 330 g/mol. The molecule has 1 saturated heterocycles. The largest absolute Gasteiger partial charge is 0.480 e. The molecule has 7 heteroatoms. The maximum atomic E-state index is 12.5. The second-order valence-electron chi connectivity index (χ2n) is 5.65. The third-order valence-electron chi connectivity index (χ3n) is 4.04. The lowest BCUT2D eigenvalue weighted by atomic mass is 10.2. The first-order valence-electron chi connectivity index (χ1n) is 7.67. The highest BCUT2D eigenvalue weighted by Gasteiger charge is 2.26. The van der Waals surface area contributed by atoms with E-state index in [1.54, 1.807) is 4.68 Å². The summed E-state index contributed by atoms with van der Waals surface area (Å²) in [6.45, 7) is 8.70. The van der Waals surface area contributed by atoms with E-state index in [-0.39, 0.29) is 24.9 Å². The summed E-state index contributed by atoms with van der Waals surface area (Å²) in [5.74, 6) is 0.792. The van der Waals surface area contributed by atoms with Crippen molar-refractivity contribution in [2.24, 2.45) is 7.05 Å². The Morgan fingerprint density at radius 1 is 1.50 bits per heavy atom. The molecule has 0 bridgehead atoms. The molecule has 0 aromatic carbocycles. The van der Waals surface area contributed by atoms with Gasteiger partial charge in [-0.2, -0.15) is 5.10 Å². The van der Waals surface area contributed by atoms with Crippen LogP contribution in [0.1, 0.15) is 31.2 Å². The van der Waals surface area contributed by atoms with E-state index in [9.17, 15) is 4.79 Å². The first-order valence-corrected chi connectivity index (χ1v) is 7.67. The molecule has 2 heterocycles. The van der Waals surface area contributed by atoms with E-state index >= 15 is 0 Å². The molecule has 22 heavy (non-hydrogen) atoms. The SMILES string of the molecule is CCCN(C(=O)COc1c(C)nn(C)c1C)C1CCNC1.Cl. The van der Waals surface area contributed by atoms with Crippen LogP contribution in [-0.4, -0.2) is 52.9 Å². The third kappa shape index (κ3) is 4.14. The van der Waals surface area contributed by atoms with E-state index in [4.69, 9.17) is 4.74 Å². The van der Waals surface area contributed by atoms with Gasteiger partial charge in [0.15, 0.2) is 12.4 Å². The average Bonchev–Trinajstić information content (AvgIpc) is 3.05. The van der Waals surface area contributed by atoms with Gasteiger partial charge in [0.25, 0.3) is 5.91 Å². The molecule has 0 aliphatic carbocycles. The van der Waals surface area contributed by atoms with E-state index in [1.807, 2.05) is 25.8 Å². The van der Waals surface area contributed by atoms with Gasteiger partial charge in [0.2, 0.25) is 0 Å². The topological polar surface area (TPSA) is 59.4 Å². The third-order valence-corrected chi connectivity index (χ3v) is 4.04. The van der Waals surface area contributed by atoms with E-state index in [0.717, 1.165) is 49.6 Å². The highest BCUT2D eigenvalue weighted by Crippen LogP contribution is 2.21. The Hall–Kier alpha value is -1.27. The molecule has 0 radical (unpaired) electrons. The first-order chi connectivity index (χ1) is 10.0. The zero-order chi connectivity index (χ0) is 15.4. The molecule has 1 N–H and O–H groups in total. The van der Waals surface area contributed by atoms with E-state index in [1.165, 1.54) is 0 Å². The minimum atomic E-state index is 0. The van der Waals surface area contributed by atoms with E-state index in [2.05, 4.69) is 17.3 Å². The number of nitrogens with one attached hydrogen (secondary N) is 1. The molecule has 1 aromatic heterocycles. The summed E-state index contributed by atoms with van der Waals surface area (Å²) in [7, 11) is 1.88. The van der Waals surface area contributed by atoms with Crippen molar-refractivity contribution < 1.29 is 9.53 Å². The molecule has 1 amide bonds. The highest BCUT2D eigenvalue weighted by molar-refractivity contribution is 5.85. The summed E-state index contributed by atoms with van der Waals surface area (Å²) in [4.78, 5) is 14.4. The Morgan fingerprint density at radius 3 is 2.73 bits per heavy atom. The zero-order valence-electron chi connectivity index (χ0n) is 13.9. The number of hydrogen-bond acceptors (Lipinski definition) is 4. The van der Waals surface area contributed by atoms with Crippen molar-refractivity contribution >= 4 is 18.3 Å². The molecule has 1 unspecified atom stereocenters. The van der Waals surface area contributed by atoms with Crippen LogP contribution >= 0.6 is 12.4 Å². The number of carbonyl (C=O) groups excluding carboxylic acids is 1. The first kappa shape index (κ1) is 18.8. The van der Waals surface area contributed by atoms with Gasteiger partial charge in [0, 0.05) is 26.2 Å². The number of amides is 1. The van der Waals surface area contributed by atoms with Crippen LogP contribution < -0.4 is 10.1 Å². The standard InChI is InChI=1S/C15H26N4O2.ClH/c1-5-8-19(13-6-7-16-9-13)14(20)10-21-15-11(2)17-18(4)12(15)3;/h13,16H,5-10H2,1-4H3;1H. The van der Waals surface area contributed by atoms with Crippen molar-refractivity contribution in [3.8, 4) is 5.75 Å². The van der Waals surface area contributed by atoms with Crippen LogP contribution in [0.3, 0.4) is 0 Å². The van der Waals surface area contributed by atoms with Gasteiger partial charge in [-0.1, -0.05) is 6.92 Å². The number of rotatable bonds is 6. The van der Waals surface area contributed by atoms with Gasteiger partial charge in [0.05, 0.1) is 5.69 Å². The summed E-state index contributed by atoms with van der Waals surface area (Å²) < 4.78 is 7.52. The number of hydrogen-bond donors (Lipinski definition) is 1. The summed E-state index contributed by atoms with van der Waals surface area (Å²) in [6.07, 6.45) is 1.99. The molecule has 0 saturated carbocycles. The van der Waals surface area contributed by atoms with Crippen molar-refractivity contribution in [1.29, 1.82) is 0 Å². The van der Waals surface area contributed by atoms with Gasteiger partial charge in [-0.05, 0) is 33.2 Å². The van der Waals surface area contributed by atoms with Crippen LogP contribution in [0, 0.1) is 13.8 Å². The minimum absolute atomic E-state index is 0. The Morgan fingerprint density at radius 2 is 2.23 bits per heavy atom. The summed E-state index contributed by atoms with van der Waals surface area (Å²) in [5, 5.41) is 7.62. The predicted molar refractivity (Wildman–Crippen MR) is 88.7 cm³/mol. The van der Waals surface area contributed by atoms with Gasteiger partial charge >= 0.3 is 0 Å². The highest BCUT2D eigenvalue weighted by atomic mass is 35.5. The molecule has 1 atom stereocenters. The van der Waals surface area contributed by atoms with Crippen LogP contribution in [-0.2, 0) is 11.8 Å². The number of halogens is 1. The second kappa shape index (κ2) is 8.39. The summed E-state index contributed by atoms with van der Waals surface area (Å²) in [6, 6.07) is 0.303. The molecule has 1 aliphatic heterocycles. The smallest absolute Gasteiger partial charge is 0.260 e. The van der Waals surface area contributed by atoms with Crippen molar-refractivity contribution in [3.05, 3.63) is 11.4 Å². The lowest BCUT2D eigenvalue weighted by Crippen LogP contribution is -2.44. The Bertz CT molecular complexity index is 498. The fraction of sp³-hybridized carbons (Fsp3) is 0.733. The number of carbonyl (C=O) groups is 1. The average molecular weight is 331 g/mol. The van der Waals surface area contributed by atoms with Crippen LogP contribution in [0.25, 0.3) is 0 Å². The molecule has 0 spiro atoms. The van der Waals surface area contributed by atoms with Crippen molar-refractivity contribution in [2.45, 2.75) is 39.7 Å². The van der Waals surface area contributed by atoms with E-state index < -0.39 is 0 Å². The number of aromatic nitrogens is 2. The van der Waals surface area contributed by atoms with Crippen molar-refractivity contribution in [1.82, 2.24) is 20.0 Å². The van der Waals surface area contributed by atoms with Crippen LogP contribution in [0.2, 0.25) is 0 Å². The molecule has 6 nitrogen and oxygen atoms in total. The van der Waals surface area contributed by atoms with Crippen molar-refractivity contribution in [2.75, 3.05) is 26.2 Å². The normalized spacial score (nSPS) is 17.2. The Labute approximate surface area is 138 Å². The molecular weight excluding hydrogens is 304 g/mol. The molecule has 126 valence electrons. The fourth-order valence-electron chi connectivity index (χ4n) is 2.84. The molecule has 1 aromatic rings. The van der Waals surface area contributed by atoms with Gasteiger partial charge < -0.3 is 15.0 Å². The molecule has 1 fully saturated rings. The molecule has 2 rings (SSSR count). The fourth-order valence-corrected chi connectivity index (χ4v) is 2.84. The zero-order valence-corrected chi connectivity index (χ0v) is 14.7. The lowest BCUT2D eigenvalue weighted by Gasteiger charge is -2.28. The summed E-state index contributed by atoms with van der Waals surface area (Å²) >= 11 is 0. The molecular formula is C15H27ClN4O2. The van der Waals surface area contributed by atoms with Gasteiger partial charge in [-0.3, -0.25) is 9.48 Å². The van der Waals surface area contributed by atoms with E-state index in [0.29, 0.717) is 6.04 Å². The Balaban J connectivity index is 0.00000242. The van der Waals surface area contributed by atoms with Crippen LogP contribution in [0.15, 0.2) is 0 Å². The number of nitrogens with zero attached hydrogens (tertiary/aromatic N) is 3. The van der Waals surface area contributed by atoms with Crippen molar-refractivity contribution in [3.63, 3.8) is 0 Å². The van der Waals surface area contributed by atoms with Gasteiger partial charge in [-0.25, -0.2) is 0 Å². The summed E-state index contributed by atoms with van der Waals surface area (Å²) in [5.41, 5.74) is 1.78. The van der Waals surface area contributed by atoms with Crippen LogP contribution in [0.5, 0.6) is 5.75 Å².